The van der Waals surface area contributed by atoms with Crippen molar-refractivity contribution in [2.24, 2.45) is 0 Å². The van der Waals surface area contributed by atoms with Gasteiger partial charge in [-0.1, -0.05) is 12.1 Å². The van der Waals surface area contributed by atoms with E-state index < -0.39 is 16.0 Å². The summed E-state index contributed by atoms with van der Waals surface area (Å²) in [5.41, 5.74) is 1.93. The summed E-state index contributed by atoms with van der Waals surface area (Å²) in [5, 5.41) is 8.80. The number of fused-ring (bicyclic) bond motifs is 1. The Morgan fingerprint density at radius 3 is 2.58 bits per heavy atom. The molecule has 0 aliphatic heterocycles. The first-order valence-corrected chi connectivity index (χ1v) is 9.10. The van der Waals surface area contributed by atoms with Gasteiger partial charge in [0.15, 0.2) is 0 Å². The Balaban J connectivity index is 1.78. The van der Waals surface area contributed by atoms with Crippen molar-refractivity contribution in [3.63, 3.8) is 0 Å². The molecule has 0 spiro atoms. The highest BCUT2D eigenvalue weighted by molar-refractivity contribution is 7.89. The summed E-state index contributed by atoms with van der Waals surface area (Å²) in [6, 6.07) is 5.35. The maximum Gasteiger partial charge on any atom is 0.338 e. The molecule has 0 radical (unpaired) electrons. The molecule has 0 atom stereocenters. The van der Waals surface area contributed by atoms with Crippen molar-refractivity contribution >= 4 is 16.0 Å². The monoisotopic (exact) mass is 347 g/mol. The minimum absolute atomic E-state index is 0.0428. The Kier molecular flexibility index (Phi) is 4.59. The van der Waals surface area contributed by atoms with E-state index in [4.69, 9.17) is 5.11 Å². The minimum atomic E-state index is -3.67. The van der Waals surface area contributed by atoms with Crippen molar-refractivity contribution in [1.82, 2.24) is 14.7 Å². The molecule has 24 heavy (non-hydrogen) atoms. The predicted molar refractivity (Wildman–Crippen MR) is 86.1 cm³/mol. The number of aromatic nitrogens is 2. The lowest BCUT2D eigenvalue weighted by atomic mass is 9.92. The van der Waals surface area contributed by atoms with Crippen LogP contribution in [0.25, 0.3) is 0 Å². The number of aromatic carboxylic acids is 1. The van der Waals surface area contributed by atoms with Crippen LogP contribution in [0.3, 0.4) is 0 Å². The largest absolute Gasteiger partial charge is 0.478 e. The normalized spacial score (nSPS) is 14.2. The number of carboxylic acids is 1. The van der Waals surface area contributed by atoms with Gasteiger partial charge in [-0.2, -0.15) is 0 Å². The van der Waals surface area contributed by atoms with Gasteiger partial charge >= 0.3 is 5.97 Å². The van der Waals surface area contributed by atoms with Crippen LogP contribution in [0.1, 0.15) is 40.2 Å². The van der Waals surface area contributed by atoms with Gasteiger partial charge in [0.2, 0.25) is 10.0 Å². The zero-order valence-electron chi connectivity index (χ0n) is 12.9. The molecular formula is C16H17N3O4S. The van der Waals surface area contributed by atoms with Crippen LogP contribution in [0.15, 0.2) is 35.5 Å². The maximum atomic E-state index is 12.6. The van der Waals surface area contributed by atoms with E-state index in [1.807, 2.05) is 6.07 Å². The third-order valence-corrected chi connectivity index (χ3v) is 5.50. The van der Waals surface area contributed by atoms with Crippen molar-refractivity contribution in [2.45, 2.75) is 37.1 Å². The van der Waals surface area contributed by atoms with Crippen molar-refractivity contribution in [2.75, 3.05) is 0 Å². The summed E-state index contributed by atoms with van der Waals surface area (Å²) in [6.45, 7) is -0.0914. The lowest BCUT2D eigenvalue weighted by Crippen LogP contribution is -2.26. The van der Waals surface area contributed by atoms with E-state index in [1.165, 1.54) is 0 Å². The molecule has 0 unspecified atom stereocenters. The standard InChI is InChI=1S/C16H17N3O4S/c20-16(21)12-8-17-15(18-9-12)10-19-24(22,23)14-7-3-5-11-4-1-2-6-13(11)14/h3,5,7-9,19H,1-2,4,6,10H2,(H,20,21). The van der Waals surface area contributed by atoms with Gasteiger partial charge in [-0.3, -0.25) is 0 Å². The van der Waals surface area contributed by atoms with E-state index in [0.29, 0.717) is 4.90 Å². The number of rotatable bonds is 5. The summed E-state index contributed by atoms with van der Waals surface area (Å²) in [7, 11) is -3.67. The highest BCUT2D eigenvalue weighted by Gasteiger charge is 2.22. The average molecular weight is 347 g/mol. The highest BCUT2D eigenvalue weighted by Crippen LogP contribution is 2.27. The van der Waals surface area contributed by atoms with Crippen LogP contribution in [0.4, 0.5) is 0 Å². The molecule has 126 valence electrons. The number of carboxylic acid groups (broad SMARTS) is 1. The Morgan fingerprint density at radius 1 is 1.17 bits per heavy atom. The predicted octanol–water partition coefficient (Wildman–Crippen LogP) is 1.53. The number of sulfonamides is 1. The molecule has 3 rings (SSSR count). The average Bonchev–Trinajstić information content (AvgIpc) is 2.60. The van der Waals surface area contributed by atoms with Crippen molar-refractivity contribution in [3.8, 4) is 0 Å². The van der Waals surface area contributed by atoms with Crippen LogP contribution in [0, 0.1) is 0 Å². The first kappa shape index (κ1) is 16.5. The number of hydrogen-bond donors (Lipinski definition) is 2. The molecule has 2 aromatic rings. The van der Waals surface area contributed by atoms with Gasteiger partial charge in [-0.25, -0.2) is 27.9 Å². The molecular weight excluding hydrogens is 330 g/mol. The van der Waals surface area contributed by atoms with E-state index >= 15 is 0 Å². The van der Waals surface area contributed by atoms with Crippen molar-refractivity contribution in [1.29, 1.82) is 0 Å². The smallest absolute Gasteiger partial charge is 0.338 e. The summed E-state index contributed by atoms with van der Waals surface area (Å²) in [5.74, 6) is -0.911. The van der Waals surface area contributed by atoms with E-state index in [0.717, 1.165) is 49.2 Å². The quantitative estimate of drug-likeness (QED) is 0.849. The molecule has 0 saturated heterocycles. The van der Waals surface area contributed by atoms with E-state index in [2.05, 4.69) is 14.7 Å². The second kappa shape index (κ2) is 6.66. The lowest BCUT2D eigenvalue weighted by Gasteiger charge is -2.19. The van der Waals surface area contributed by atoms with Crippen LogP contribution in [0.2, 0.25) is 0 Å². The van der Waals surface area contributed by atoms with E-state index in [-0.39, 0.29) is 17.9 Å². The molecule has 0 bridgehead atoms. The fraction of sp³-hybridized carbons (Fsp3) is 0.312. The Labute approximate surface area is 139 Å². The van der Waals surface area contributed by atoms with Crippen LogP contribution in [0.5, 0.6) is 0 Å². The highest BCUT2D eigenvalue weighted by atomic mass is 32.2. The fourth-order valence-corrected chi connectivity index (χ4v) is 4.08. The third-order valence-electron chi connectivity index (χ3n) is 4.02. The van der Waals surface area contributed by atoms with Crippen LogP contribution in [-0.4, -0.2) is 29.5 Å². The molecule has 1 aliphatic rings. The Hall–Kier alpha value is -2.32. The van der Waals surface area contributed by atoms with Crippen molar-refractivity contribution in [3.05, 3.63) is 53.1 Å². The summed E-state index contributed by atoms with van der Waals surface area (Å²) < 4.78 is 27.7. The summed E-state index contributed by atoms with van der Waals surface area (Å²) >= 11 is 0. The number of aryl methyl sites for hydroxylation is 1. The molecule has 1 heterocycles. The second-order valence-corrected chi connectivity index (χ2v) is 7.35. The molecule has 2 N–H and O–H groups in total. The number of hydrogen-bond acceptors (Lipinski definition) is 5. The summed E-state index contributed by atoms with van der Waals surface area (Å²) in [4.78, 5) is 18.8. The maximum absolute atomic E-state index is 12.6. The molecule has 8 heteroatoms. The molecule has 7 nitrogen and oxygen atoms in total. The molecule has 0 fully saturated rings. The zero-order valence-corrected chi connectivity index (χ0v) is 13.7. The Morgan fingerprint density at radius 2 is 1.88 bits per heavy atom. The molecule has 1 aliphatic carbocycles. The minimum Gasteiger partial charge on any atom is -0.478 e. The number of carbonyl (C=O) groups is 1. The fourth-order valence-electron chi connectivity index (χ4n) is 2.79. The van der Waals surface area contributed by atoms with Gasteiger partial charge < -0.3 is 5.11 Å². The topological polar surface area (TPSA) is 109 Å². The molecule has 0 saturated carbocycles. The van der Waals surface area contributed by atoms with E-state index in [1.54, 1.807) is 12.1 Å². The number of nitrogens with one attached hydrogen (secondary N) is 1. The van der Waals surface area contributed by atoms with Crippen LogP contribution in [-0.2, 0) is 29.4 Å². The summed E-state index contributed by atoms with van der Waals surface area (Å²) in [6.07, 6.45) is 6.04. The second-order valence-electron chi connectivity index (χ2n) is 5.62. The first-order chi connectivity index (χ1) is 11.5. The van der Waals surface area contributed by atoms with Gasteiger partial charge in [0.05, 0.1) is 17.0 Å². The molecule has 1 aromatic carbocycles. The number of nitrogens with zero attached hydrogens (tertiary/aromatic N) is 2. The van der Waals surface area contributed by atoms with Gasteiger partial charge in [-0.15, -0.1) is 0 Å². The Bertz CT molecular complexity index is 863. The molecule has 1 aromatic heterocycles. The van der Waals surface area contributed by atoms with E-state index in [9.17, 15) is 13.2 Å². The zero-order chi connectivity index (χ0) is 17.2. The first-order valence-electron chi connectivity index (χ1n) is 7.62. The van der Waals surface area contributed by atoms with Gasteiger partial charge in [-0.05, 0) is 42.9 Å². The van der Waals surface area contributed by atoms with Gasteiger partial charge in [0.1, 0.15) is 5.82 Å². The van der Waals surface area contributed by atoms with Crippen LogP contribution < -0.4 is 4.72 Å². The number of benzene rings is 1. The third kappa shape index (κ3) is 3.44. The lowest BCUT2D eigenvalue weighted by molar-refractivity contribution is 0.0696. The van der Waals surface area contributed by atoms with Crippen molar-refractivity contribution < 1.29 is 18.3 Å². The SMILES string of the molecule is O=C(O)c1cnc(CNS(=O)(=O)c2cccc3c2CCCC3)nc1. The molecule has 0 amide bonds. The van der Waals surface area contributed by atoms with Crippen LogP contribution >= 0.6 is 0 Å². The van der Waals surface area contributed by atoms with Gasteiger partial charge in [0.25, 0.3) is 0 Å². The van der Waals surface area contributed by atoms with Gasteiger partial charge in [0, 0.05) is 12.4 Å².